The highest BCUT2D eigenvalue weighted by molar-refractivity contribution is 4.96. The number of nitrogens with two attached hydrogens (primary N) is 1. The molecule has 0 spiro atoms. The smallest absolute Gasteiger partial charge is 0.0249 e. The van der Waals surface area contributed by atoms with Gasteiger partial charge in [-0.15, -0.1) is 0 Å². The van der Waals surface area contributed by atoms with Crippen LogP contribution in [0.25, 0.3) is 0 Å². The molecule has 122 valence electrons. The minimum Gasteiger partial charge on any atom is -0.329 e. The molecule has 0 aliphatic heterocycles. The minimum atomic E-state index is 0.493. The molecule has 2 heteroatoms. The fourth-order valence-electron chi connectivity index (χ4n) is 4.53. The van der Waals surface area contributed by atoms with Crippen LogP contribution >= 0.6 is 0 Å². The summed E-state index contributed by atoms with van der Waals surface area (Å²) in [5.74, 6) is 2.79. The van der Waals surface area contributed by atoms with Gasteiger partial charge < -0.3 is 5.73 Å². The molecule has 0 amide bonds. The lowest BCUT2D eigenvalue weighted by molar-refractivity contribution is 0.0742. The first kappa shape index (κ1) is 15.8. The predicted octanol–water partition coefficient (Wildman–Crippen LogP) is 4.04. The lowest BCUT2D eigenvalue weighted by Crippen LogP contribution is -2.49. The van der Waals surface area contributed by atoms with Crippen molar-refractivity contribution in [1.29, 1.82) is 0 Å². The van der Waals surface area contributed by atoms with E-state index >= 15 is 0 Å². The summed E-state index contributed by atoms with van der Waals surface area (Å²) in [6.45, 7) is 9.49. The Labute approximate surface area is 131 Å². The molecule has 0 heterocycles. The fourth-order valence-corrected chi connectivity index (χ4v) is 4.53. The monoisotopic (exact) mass is 292 g/mol. The number of nitrogens with zero attached hydrogens (tertiary/aromatic N) is 1. The average molecular weight is 293 g/mol. The van der Waals surface area contributed by atoms with E-state index in [-0.39, 0.29) is 0 Å². The summed E-state index contributed by atoms with van der Waals surface area (Å²) >= 11 is 0. The molecule has 3 aliphatic rings. The topological polar surface area (TPSA) is 29.3 Å². The van der Waals surface area contributed by atoms with Gasteiger partial charge in [-0.3, -0.25) is 4.90 Å². The van der Waals surface area contributed by atoms with Crippen LogP contribution in [0, 0.1) is 23.2 Å². The lowest BCUT2D eigenvalue weighted by Gasteiger charge is -2.43. The fraction of sp³-hybridized carbons (Fsp3) is 1.00. The van der Waals surface area contributed by atoms with Crippen molar-refractivity contribution in [3.05, 3.63) is 0 Å². The molecule has 0 bridgehead atoms. The zero-order chi connectivity index (χ0) is 15.0. The second-order valence-electron chi connectivity index (χ2n) is 9.15. The van der Waals surface area contributed by atoms with Gasteiger partial charge in [-0.25, -0.2) is 0 Å². The van der Waals surface area contributed by atoms with E-state index in [1.807, 2.05) is 0 Å². The molecule has 0 aromatic carbocycles. The van der Waals surface area contributed by atoms with Crippen LogP contribution in [-0.4, -0.2) is 30.1 Å². The summed E-state index contributed by atoms with van der Waals surface area (Å²) in [7, 11) is 0. The van der Waals surface area contributed by atoms with Crippen LogP contribution in [0.3, 0.4) is 0 Å². The Morgan fingerprint density at radius 1 is 0.952 bits per heavy atom. The molecule has 3 aliphatic carbocycles. The Morgan fingerprint density at radius 2 is 1.57 bits per heavy atom. The second-order valence-corrected chi connectivity index (χ2v) is 9.15. The number of hydrogen-bond acceptors (Lipinski definition) is 2. The van der Waals surface area contributed by atoms with Crippen molar-refractivity contribution < 1.29 is 0 Å². The summed E-state index contributed by atoms with van der Waals surface area (Å²) in [6, 6.07) is 1.57. The van der Waals surface area contributed by atoms with Gasteiger partial charge in [0, 0.05) is 25.2 Å². The highest BCUT2D eigenvalue weighted by Crippen LogP contribution is 2.43. The Balaban J connectivity index is 1.58. The number of rotatable bonds is 6. The molecule has 0 aromatic rings. The van der Waals surface area contributed by atoms with E-state index in [1.165, 1.54) is 57.9 Å². The Kier molecular flexibility index (Phi) is 4.66. The third-order valence-corrected chi connectivity index (χ3v) is 6.39. The summed E-state index contributed by atoms with van der Waals surface area (Å²) in [5, 5.41) is 0. The van der Waals surface area contributed by atoms with Gasteiger partial charge in [0.15, 0.2) is 0 Å². The maximum atomic E-state index is 6.24. The van der Waals surface area contributed by atoms with Gasteiger partial charge in [0.05, 0.1) is 0 Å². The predicted molar refractivity (Wildman–Crippen MR) is 90.2 cm³/mol. The Bertz CT molecular complexity index is 330. The van der Waals surface area contributed by atoms with Crippen molar-refractivity contribution in [3.8, 4) is 0 Å². The Hall–Kier alpha value is -0.0800. The van der Waals surface area contributed by atoms with Crippen molar-refractivity contribution in [2.45, 2.75) is 84.2 Å². The third-order valence-electron chi connectivity index (χ3n) is 6.39. The van der Waals surface area contributed by atoms with Gasteiger partial charge >= 0.3 is 0 Å². The van der Waals surface area contributed by atoms with Gasteiger partial charge in [0.1, 0.15) is 0 Å². The van der Waals surface area contributed by atoms with Crippen LogP contribution in [0.15, 0.2) is 0 Å². The van der Waals surface area contributed by atoms with Crippen molar-refractivity contribution >= 4 is 0 Å². The first-order chi connectivity index (χ1) is 9.99. The molecule has 3 fully saturated rings. The first-order valence-electron chi connectivity index (χ1n) is 9.45. The van der Waals surface area contributed by atoms with Gasteiger partial charge in [0.2, 0.25) is 0 Å². The zero-order valence-electron chi connectivity index (χ0n) is 14.5. The molecule has 0 radical (unpaired) electrons. The first-order valence-corrected chi connectivity index (χ1v) is 9.45. The standard InChI is InChI=1S/C19H36N2/c1-19(2,3)16-8-6-15(7-9-16)18(12-20)21(17-10-11-17)13-14-4-5-14/h14-18H,4-13,20H2,1-3H3. The zero-order valence-corrected chi connectivity index (χ0v) is 14.5. The number of hydrogen-bond donors (Lipinski definition) is 1. The van der Waals surface area contributed by atoms with Crippen LogP contribution < -0.4 is 5.73 Å². The van der Waals surface area contributed by atoms with Crippen LogP contribution in [0.5, 0.6) is 0 Å². The van der Waals surface area contributed by atoms with Crippen LogP contribution in [-0.2, 0) is 0 Å². The second kappa shape index (κ2) is 6.20. The maximum absolute atomic E-state index is 6.24. The van der Waals surface area contributed by atoms with Crippen molar-refractivity contribution in [2.24, 2.45) is 28.9 Å². The highest BCUT2D eigenvalue weighted by atomic mass is 15.2. The molecule has 0 aromatic heterocycles. The quantitative estimate of drug-likeness (QED) is 0.800. The van der Waals surface area contributed by atoms with Gasteiger partial charge in [-0.1, -0.05) is 20.8 Å². The van der Waals surface area contributed by atoms with E-state index in [4.69, 9.17) is 5.73 Å². The molecule has 3 saturated carbocycles. The summed E-state index contributed by atoms with van der Waals surface area (Å²) in [5.41, 5.74) is 6.74. The van der Waals surface area contributed by atoms with Gasteiger partial charge in [-0.2, -0.15) is 0 Å². The van der Waals surface area contributed by atoms with Crippen LogP contribution in [0.1, 0.15) is 72.1 Å². The lowest BCUT2D eigenvalue weighted by atomic mass is 9.68. The van der Waals surface area contributed by atoms with E-state index in [1.54, 1.807) is 0 Å². The van der Waals surface area contributed by atoms with Gasteiger partial charge in [0.25, 0.3) is 0 Å². The normalized spacial score (nSPS) is 32.4. The highest BCUT2D eigenvalue weighted by Gasteiger charge is 2.41. The SMILES string of the molecule is CC(C)(C)C1CCC(C(CN)N(CC2CC2)C2CC2)CC1. The Morgan fingerprint density at radius 3 is 2.00 bits per heavy atom. The van der Waals surface area contributed by atoms with Crippen LogP contribution in [0.4, 0.5) is 0 Å². The molecule has 1 atom stereocenters. The van der Waals surface area contributed by atoms with Crippen LogP contribution in [0.2, 0.25) is 0 Å². The summed E-state index contributed by atoms with van der Waals surface area (Å²) in [4.78, 5) is 2.85. The molecule has 1 unspecified atom stereocenters. The van der Waals surface area contributed by atoms with E-state index in [9.17, 15) is 0 Å². The molecule has 21 heavy (non-hydrogen) atoms. The van der Waals surface area contributed by atoms with Gasteiger partial charge in [-0.05, 0) is 74.5 Å². The van der Waals surface area contributed by atoms with E-state index in [2.05, 4.69) is 25.7 Å². The molecule has 0 saturated heterocycles. The maximum Gasteiger partial charge on any atom is 0.0249 e. The van der Waals surface area contributed by atoms with Crippen molar-refractivity contribution in [2.75, 3.05) is 13.1 Å². The molecular weight excluding hydrogens is 256 g/mol. The molecule has 3 rings (SSSR count). The van der Waals surface area contributed by atoms with E-state index < -0.39 is 0 Å². The molecule has 2 N–H and O–H groups in total. The minimum absolute atomic E-state index is 0.493. The van der Waals surface area contributed by atoms with E-state index in [0.29, 0.717) is 11.5 Å². The van der Waals surface area contributed by atoms with Crippen molar-refractivity contribution in [1.82, 2.24) is 4.90 Å². The summed E-state index contributed by atoms with van der Waals surface area (Å²) < 4.78 is 0. The molecular formula is C19H36N2. The largest absolute Gasteiger partial charge is 0.329 e. The summed E-state index contributed by atoms with van der Waals surface area (Å²) in [6.07, 6.45) is 11.5. The molecule has 2 nitrogen and oxygen atoms in total. The van der Waals surface area contributed by atoms with E-state index in [0.717, 1.165) is 30.3 Å². The van der Waals surface area contributed by atoms with Crippen molar-refractivity contribution in [3.63, 3.8) is 0 Å². The third kappa shape index (κ3) is 4.01. The average Bonchev–Trinajstić information content (AvgIpc) is 3.31.